The maximum Gasteiger partial charge on any atom is 0.303 e. The Balaban J connectivity index is 0.000000275. The zero-order valence-electron chi connectivity index (χ0n) is 27.9. The number of carboxylic acids is 1. The van der Waals surface area contributed by atoms with E-state index in [4.69, 9.17) is 5.11 Å². The highest BCUT2D eigenvalue weighted by Crippen LogP contribution is 2.60. The molecule has 0 aromatic heterocycles. The van der Waals surface area contributed by atoms with E-state index in [9.17, 15) is 15.0 Å². The molecule has 3 aliphatic carbocycles. The first kappa shape index (κ1) is 37.1. The number of phenolic OH excluding ortho intramolecular Hbond substituents is 1. The number of aromatic hydroxyl groups is 1. The first-order chi connectivity index (χ1) is 20.8. The number of hydrogen-bond acceptors (Lipinski definition) is 3. The van der Waals surface area contributed by atoms with Crippen LogP contribution in [0.25, 0.3) is 0 Å². The van der Waals surface area contributed by atoms with Crippen LogP contribution in [-0.4, -0.2) is 27.4 Å². The largest absolute Gasteiger partial charge is 0.508 e. The van der Waals surface area contributed by atoms with Crippen LogP contribution in [0.5, 0.6) is 5.75 Å². The van der Waals surface area contributed by atoms with Crippen molar-refractivity contribution in [3.63, 3.8) is 0 Å². The molecule has 43 heavy (non-hydrogen) atoms. The van der Waals surface area contributed by atoms with Gasteiger partial charge in [-0.05, 0) is 124 Å². The summed E-state index contributed by atoms with van der Waals surface area (Å²) < 4.78 is 0. The number of fused-ring (bicyclic) bond motifs is 5. The number of aliphatic hydroxyl groups excluding tert-OH is 1. The van der Waals surface area contributed by atoms with Gasteiger partial charge in [0, 0.05) is 6.42 Å². The monoisotopic (exact) mass is 596 g/mol. The molecule has 0 heterocycles. The van der Waals surface area contributed by atoms with Crippen molar-refractivity contribution in [2.45, 2.75) is 161 Å². The number of hydrogen-bond donors (Lipinski definition) is 3. The van der Waals surface area contributed by atoms with Crippen molar-refractivity contribution in [2.24, 2.45) is 17.3 Å². The average Bonchev–Trinajstić information content (AvgIpc) is 3.29. The molecule has 5 atom stereocenters. The lowest BCUT2D eigenvalue weighted by molar-refractivity contribution is -0.137. The molecule has 3 aliphatic rings. The van der Waals surface area contributed by atoms with Gasteiger partial charge in [0.1, 0.15) is 5.75 Å². The molecule has 0 aliphatic heterocycles. The minimum Gasteiger partial charge on any atom is -0.508 e. The minimum atomic E-state index is -0.664. The maximum absolute atomic E-state index is 10.4. The fourth-order valence-corrected chi connectivity index (χ4v) is 7.89. The first-order valence-electron chi connectivity index (χ1n) is 17.7. The third-order valence-corrected chi connectivity index (χ3v) is 10.3. The molecule has 0 spiro atoms. The van der Waals surface area contributed by atoms with Crippen LogP contribution in [-0.2, 0) is 11.2 Å². The van der Waals surface area contributed by atoms with Gasteiger partial charge in [0.05, 0.1) is 6.10 Å². The molecule has 2 fully saturated rings. The van der Waals surface area contributed by atoms with Gasteiger partial charge >= 0.3 is 5.97 Å². The van der Waals surface area contributed by atoms with E-state index < -0.39 is 5.97 Å². The maximum atomic E-state index is 10.4. The summed E-state index contributed by atoms with van der Waals surface area (Å²) in [5, 5.41) is 28.6. The Hall–Kier alpha value is -2.07. The van der Waals surface area contributed by atoms with E-state index in [-0.39, 0.29) is 11.5 Å². The number of carbonyl (C=O) groups is 1. The number of aryl methyl sites for hydroxylation is 1. The van der Waals surface area contributed by atoms with Gasteiger partial charge in [0.25, 0.3) is 0 Å². The van der Waals surface area contributed by atoms with Gasteiger partial charge in [-0.1, -0.05) is 89.5 Å². The molecule has 4 nitrogen and oxygen atoms in total. The Kier molecular flexibility index (Phi) is 18.0. The molecule has 0 radical (unpaired) electrons. The molecule has 0 amide bonds. The van der Waals surface area contributed by atoms with E-state index >= 15 is 0 Å². The zero-order chi connectivity index (χ0) is 31.5. The van der Waals surface area contributed by atoms with Crippen LogP contribution >= 0.6 is 0 Å². The third kappa shape index (κ3) is 12.4. The number of aliphatic carboxylic acids is 1. The second kappa shape index (κ2) is 20.8. The van der Waals surface area contributed by atoms with Crippen LogP contribution < -0.4 is 0 Å². The highest BCUT2D eigenvalue weighted by Gasteiger charge is 2.54. The molecule has 244 valence electrons. The van der Waals surface area contributed by atoms with Gasteiger partial charge in [-0.25, -0.2) is 0 Å². The first-order valence-corrected chi connectivity index (χ1v) is 17.7. The number of rotatable bonds is 15. The average molecular weight is 597 g/mol. The Labute approximate surface area is 264 Å². The van der Waals surface area contributed by atoms with Crippen molar-refractivity contribution in [1.82, 2.24) is 0 Å². The van der Waals surface area contributed by atoms with Crippen molar-refractivity contribution in [3.8, 4) is 5.75 Å². The topological polar surface area (TPSA) is 77.8 Å². The van der Waals surface area contributed by atoms with Gasteiger partial charge in [-0.15, -0.1) is 6.58 Å². The number of allylic oxidation sites excluding steroid dienone is 3. The van der Waals surface area contributed by atoms with Gasteiger partial charge in [0.15, 0.2) is 0 Å². The molecule has 4 rings (SSSR count). The van der Waals surface area contributed by atoms with Gasteiger partial charge in [0.2, 0.25) is 0 Å². The quantitative estimate of drug-likeness (QED) is 0.139. The summed E-state index contributed by atoms with van der Waals surface area (Å²) in [6, 6.07) is 5.96. The standard InChI is InChI=1S/C18H24O2.C18H34O2.C3H6/c1-18-9-8-14-13-5-3-12(19)10-11(13)2-4-15(14)16(18)6-7-17(18)20;1-2-3-4-5-6-7-8-9-10-11-12-13-14-15-16-17-18(19)20;1-3-2/h3,5,10,14-17,19-20H,2,4,6-9H2,1H3;9-10H,2-8,11-17H2,1H3,(H,19,20);3H,1H2,2H3/t14-,15-,16+,17?,18+;;/m1../s1. The fraction of sp³-hybridized carbons (Fsp3) is 0.718. The van der Waals surface area contributed by atoms with Gasteiger partial charge in [-0.2, -0.15) is 0 Å². The van der Waals surface area contributed by atoms with Crippen LogP contribution in [0, 0.1) is 17.3 Å². The molecular weight excluding hydrogens is 532 g/mol. The van der Waals surface area contributed by atoms with Crippen molar-refractivity contribution in [1.29, 1.82) is 0 Å². The van der Waals surface area contributed by atoms with Gasteiger partial charge in [-0.3, -0.25) is 4.79 Å². The van der Waals surface area contributed by atoms with E-state index in [0.29, 0.717) is 24.0 Å². The smallest absolute Gasteiger partial charge is 0.303 e. The molecule has 4 heteroatoms. The number of unbranched alkanes of at least 4 members (excludes halogenated alkanes) is 11. The molecule has 0 saturated heterocycles. The SMILES string of the molecule is C=CC.CCCCCCCCC=CCCCCCCCC(=O)O.C[C@]12CC[C@@H]3c4ccc(O)cc4CC[C@H]3[C@@H]1CCC2O. The summed E-state index contributed by atoms with van der Waals surface area (Å²) in [5.74, 6) is 1.82. The van der Waals surface area contributed by atoms with Crippen LogP contribution in [0.15, 0.2) is 43.0 Å². The summed E-state index contributed by atoms with van der Waals surface area (Å²) in [6.07, 6.45) is 29.8. The van der Waals surface area contributed by atoms with E-state index in [1.54, 1.807) is 6.08 Å². The van der Waals surface area contributed by atoms with Crippen LogP contribution in [0.1, 0.15) is 160 Å². The predicted octanol–water partition coefficient (Wildman–Crippen LogP) is 10.9. The molecule has 1 unspecified atom stereocenters. The minimum absolute atomic E-state index is 0.0883. The Morgan fingerprint density at radius 3 is 2.16 bits per heavy atom. The second-order valence-electron chi connectivity index (χ2n) is 13.6. The molecule has 1 aromatic rings. The predicted molar refractivity (Wildman–Crippen MR) is 182 cm³/mol. The highest BCUT2D eigenvalue weighted by atomic mass is 16.4. The van der Waals surface area contributed by atoms with Crippen molar-refractivity contribution < 1.29 is 20.1 Å². The van der Waals surface area contributed by atoms with Crippen LogP contribution in [0.2, 0.25) is 0 Å². The summed E-state index contributed by atoms with van der Waals surface area (Å²) >= 11 is 0. The lowest BCUT2D eigenvalue weighted by Crippen LogP contribution is -2.43. The zero-order valence-corrected chi connectivity index (χ0v) is 27.9. The highest BCUT2D eigenvalue weighted by molar-refractivity contribution is 5.66. The second-order valence-corrected chi connectivity index (χ2v) is 13.6. The molecular formula is C39H64O4. The van der Waals surface area contributed by atoms with Crippen LogP contribution in [0.4, 0.5) is 0 Å². The van der Waals surface area contributed by atoms with E-state index in [1.807, 2.05) is 19.1 Å². The number of benzene rings is 1. The molecule has 2 saturated carbocycles. The van der Waals surface area contributed by atoms with E-state index in [2.05, 4.69) is 38.6 Å². The van der Waals surface area contributed by atoms with Crippen molar-refractivity contribution >= 4 is 5.97 Å². The van der Waals surface area contributed by atoms with E-state index in [1.165, 1.54) is 101 Å². The molecule has 1 aromatic carbocycles. The summed E-state index contributed by atoms with van der Waals surface area (Å²) in [5.41, 5.74) is 2.99. The Morgan fingerprint density at radius 1 is 0.930 bits per heavy atom. The normalized spacial score (nSPS) is 25.4. The Bertz CT molecular complexity index is 953. The molecule has 0 bridgehead atoms. The number of phenols is 1. The summed E-state index contributed by atoms with van der Waals surface area (Å²) in [4.78, 5) is 10.3. The van der Waals surface area contributed by atoms with Crippen LogP contribution in [0.3, 0.4) is 0 Å². The van der Waals surface area contributed by atoms with Gasteiger partial charge < -0.3 is 15.3 Å². The third-order valence-electron chi connectivity index (χ3n) is 10.3. The summed E-state index contributed by atoms with van der Waals surface area (Å²) in [6.45, 7) is 9.83. The Morgan fingerprint density at radius 2 is 1.53 bits per heavy atom. The van der Waals surface area contributed by atoms with Crippen molar-refractivity contribution in [2.75, 3.05) is 0 Å². The number of aliphatic hydroxyl groups is 1. The van der Waals surface area contributed by atoms with E-state index in [0.717, 1.165) is 38.0 Å². The fourth-order valence-electron chi connectivity index (χ4n) is 7.89. The summed E-state index contributed by atoms with van der Waals surface area (Å²) in [7, 11) is 0. The lowest BCUT2D eigenvalue weighted by Gasteiger charge is -2.50. The lowest BCUT2D eigenvalue weighted by atomic mass is 9.55. The molecule has 3 N–H and O–H groups in total. The van der Waals surface area contributed by atoms with Crippen molar-refractivity contribution in [3.05, 3.63) is 54.1 Å². The number of carboxylic acid groups (broad SMARTS) is 1.